The van der Waals surface area contributed by atoms with Crippen LogP contribution in [0.1, 0.15) is 71.6 Å². The zero-order chi connectivity index (χ0) is 24.6. The molecule has 2 heterocycles. The van der Waals surface area contributed by atoms with Crippen molar-refractivity contribution < 1.29 is 27.5 Å². The van der Waals surface area contributed by atoms with E-state index in [0.717, 1.165) is 43.4 Å². The van der Waals surface area contributed by atoms with Gasteiger partial charge in [0.2, 0.25) is 0 Å². The number of ether oxygens (including phenoxy) is 1. The molecule has 0 atom stereocenters. The van der Waals surface area contributed by atoms with E-state index in [1.165, 1.54) is 13.2 Å². The van der Waals surface area contributed by atoms with E-state index in [1.54, 1.807) is 12.1 Å². The van der Waals surface area contributed by atoms with E-state index in [9.17, 15) is 22.8 Å². The maximum absolute atomic E-state index is 13.1. The number of pyridine rings is 1. The Balaban J connectivity index is 1.53. The van der Waals surface area contributed by atoms with Gasteiger partial charge in [0.1, 0.15) is 17.1 Å². The summed E-state index contributed by atoms with van der Waals surface area (Å²) < 4.78 is 44.3. The minimum Gasteiger partial charge on any atom is -0.495 e. The number of nitrogens with one attached hydrogen (secondary N) is 1. The molecule has 0 unspecified atom stereocenters. The normalized spacial score (nSPS) is 20.4. The van der Waals surface area contributed by atoms with Crippen LogP contribution >= 0.6 is 0 Å². The highest BCUT2D eigenvalue weighted by atomic mass is 19.4. The molecule has 182 valence electrons. The average molecular weight is 476 g/mol. The molecule has 0 saturated heterocycles. The van der Waals surface area contributed by atoms with Crippen LogP contribution in [0.5, 0.6) is 5.75 Å². The Bertz CT molecular complexity index is 1090. The third kappa shape index (κ3) is 4.74. The van der Waals surface area contributed by atoms with Gasteiger partial charge >= 0.3 is 6.18 Å². The van der Waals surface area contributed by atoms with Crippen molar-refractivity contribution in [1.29, 1.82) is 0 Å². The van der Waals surface area contributed by atoms with Crippen molar-refractivity contribution in [3.05, 3.63) is 52.8 Å². The first-order chi connectivity index (χ1) is 16.1. The van der Waals surface area contributed by atoms with Gasteiger partial charge in [-0.15, -0.1) is 0 Å². The molecule has 1 saturated carbocycles. The van der Waals surface area contributed by atoms with Crippen LogP contribution in [0.25, 0.3) is 0 Å². The minimum absolute atomic E-state index is 0.0567. The molecule has 34 heavy (non-hydrogen) atoms. The fourth-order valence-corrected chi connectivity index (χ4v) is 4.91. The summed E-state index contributed by atoms with van der Waals surface area (Å²) in [5.74, 6) is 0.728. The highest BCUT2D eigenvalue weighted by Crippen LogP contribution is 2.39. The molecule has 1 aliphatic heterocycles. The molecule has 2 aliphatic rings. The summed E-state index contributed by atoms with van der Waals surface area (Å²) in [5.41, 5.74) is 0.0530. The number of hydrogen-bond donors (Lipinski definition) is 1. The molecule has 0 radical (unpaired) electrons. The number of hydrogen-bond acceptors (Lipinski definition) is 4. The van der Waals surface area contributed by atoms with E-state index in [0.29, 0.717) is 23.9 Å². The zero-order valence-electron chi connectivity index (χ0n) is 19.4. The lowest BCUT2D eigenvalue weighted by atomic mass is 9.79. The van der Waals surface area contributed by atoms with Crippen molar-refractivity contribution in [1.82, 2.24) is 9.88 Å². The number of methoxy groups -OCH3 is 1. The number of nitrogens with zero attached hydrogens (tertiary/aromatic N) is 2. The lowest BCUT2D eigenvalue weighted by Crippen LogP contribution is -2.38. The maximum atomic E-state index is 13.1. The highest BCUT2D eigenvalue weighted by molar-refractivity contribution is 6.05. The van der Waals surface area contributed by atoms with Gasteiger partial charge in [-0.1, -0.05) is 19.9 Å². The number of amides is 2. The first-order valence-corrected chi connectivity index (χ1v) is 11.5. The second kappa shape index (κ2) is 9.27. The Morgan fingerprint density at radius 1 is 1.18 bits per heavy atom. The van der Waals surface area contributed by atoms with Gasteiger partial charge < -0.3 is 15.0 Å². The first kappa shape index (κ1) is 24.0. The van der Waals surface area contributed by atoms with Gasteiger partial charge in [0.05, 0.1) is 12.8 Å². The first-order valence-electron chi connectivity index (χ1n) is 11.5. The second-order valence-corrected chi connectivity index (χ2v) is 9.32. The number of anilines is 1. The molecule has 2 amide bonds. The average Bonchev–Trinajstić information content (AvgIpc) is 3.13. The summed E-state index contributed by atoms with van der Waals surface area (Å²) in [6, 6.07) is 6.58. The van der Waals surface area contributed by atoms with Crippen LogP contribution in [-0.4, -0.2) is 34.8 Å². The van der Waals surface area contributed by atoms with E-state index in [2.05, 4.69) is 24.1 Å². The smallest absolute Gasteiger partial charge is 0.433 e. The third-order valence-corrected chi connectivity index (χ3v) is 6.90. The van der Waals surface area contributed by atoms with E-state index in [4.69, 9.17) is 4.74 Å². The molecule has 1 N–H and O–H groups in total. The highest BCUT2D eigenvalue weighted by Gasteiger charge is 2.36. The number of aromatic nitrogens is 1. The van der Waals surface area contributed by atoms with Gasteiger partial charge in [0.25, 0.3) is 11.8 Å². The molecule has 0 spiro atoms. The second-order valence-electron chi connectivity index (χ2n) is 9.32. The molecule has 1 aromatic carbocycles. The maximum Gasteiger partial charge on any atom is 0.433 e. The van der Waals surface area contributed by atoms with Crippen LogP contribution in [0, 0.1) is 11.8 Å². The van der Waals surface area contributed by atoms with Crippen LogP contribution in [-0.2, 0) is 12.7 Å². The number of carbonyl (C=O) groups excluding carboxylic acids is 2. The summed E-state index contributed by atoms with van der Waals surface area (Å²) in [7, 11) is 1.41. The molecular formula is C25H28F3N3O3. The van der Waals surface area contributed by atoms with Gasteiger partial charge in [-0.2, -0.15) is 13.2 Å². The summed E-state index contributed by atoms with van der Waals surface area (Å²) in [6.07, 6.45) is -0.539. The van der Waals surface area contributed by atoms with Gasteiger partial charge in [-0.05, 0) is 67.3 Å². The topological polar surface area (TPSA) is 71.5 Å². The zero-order valence-corrected chi connectivity index (χ0v) is 19.4. The number of carbonyl (C=O) groups is 2. The largest absolute Gasteiger partial charge is 0.495 e. The van der Waals surface area contributed by atoms with Gasteiger partial charge in [0, 0.05) is 18.2 Å². The fourth-order valence-electron chi connectivity index (χ4n) is 4.91. The van der Waals surface area contributed by atoms with Crippen LogP contribution in [0.2, 0.25) is 0 Å². The van der Waals surface area contributed by atoms with Crippen molar-refractivity contribution in [2.45, 2.75) is 58.3 Å². The minimum atomic E-state index is -4.65. The van der Waals surface area contributed by atoms with Crippen molar-refractivity contribution in [2.75, 3.05) is 12.4 Å². The van der Waals surface area contributed by atoms with Crippen LogP contribution in [0.15, 0.2) is 30.3 Å². The molecule has 1 fully saturated rings. The summed E-state index contributed by atoms with van der Waals surface area (Å²) in [6.45, 7) is 4.90. The van der Waals surface area contributed by atoms with Crippen LogP contribution < -0.4 is 10.1 Å². The molecule has 1 aliphatic carbocycles. The Morgan fingerprint density at radius 3 is 2.50 bits per heavy atom. The van der Waals surface area contributed by atoms with E-state index in [1.807, 2.05) is 4.90 Å². The quantitative estimate of drug-likeness (QED) is 0.617. The lowest BCUT2D eigenvalue weighted by Gasteiger charge is -2.36. The van der Waals surface area contributed by atoms with Crippen molar-refractivity contribution in [3.63, 3.8) is 0 Å². The molecule has 0 bridgehead atoms. The SMILES string of the molecule is COc1cc2c(cc1NC(=O)c1cccc(C(F)(F)F)n1)CN([C@H]1CC[C@H](C(C)C)CC1)C2=O. The van der Waals surface area contributed by atoms with Crippen LogP contribution in [0.4, 0.5) is 18.9 Å². The molecule has 9 heteroatoms. The summed E-state index contributed by atoms with van der Waals surface area (Å²) >= 11 is 0. The van der Waals surface area contributed by atoms with E-state index >= 15 is 0 Å². The lowest BCUT2D eigenvalue weighted by molar-refractivity contribution is -0.141. The molecule has 4 rings (SSSR count). The van der Waals surface area contributed by atoms with Crippen molar-refractivity contribution in [3.8, 4) is 5.75 Å². The molecule has 1 aromatic heterocycles. The molecule has 2 aromatic rings. The van der Waals surface area contributed by atoms with E-state index in [-0.39, 0.29) is 29.1 Å². The van der Waals surface area contributed by atoms with Crippen LogP contribution in [0.3, 0.4) is 0 Å². The van der Waals surface area contributed by atoms with Gasteiger partial charge in [-0.3, -0.25) is 9.59 Å². The third-order valence-electron chi connectivity index (χ3n) is 6.90. The molecular weight excluding hydrogens is 447 g/mol. The number of rotatable bonds is 5. The number of fused-ring (bicyclic) bond motifs is 1. The van der Waals surface area contributed by atoms with E-state index < -0.39 is 17.8 Å². The summed E-state index contributed by atoms with van der Waals surface area (Å²) in [4.78, 5) is 31.1. The Labute approximate surface area is 196 Å². The van der Waals surface area contributed by atoms with Gasteiger partial charge in [0.15, 0.2) is 0 Å². The fraction of sp³-hybridized carbons (Fsp3) is 0.480. The Morgan fingerprint density at radius 2 is 1.88 bits per heavy atom. The van der Waals surface area contributed by atoms with Crippen molar-refractivity contribution >= 4 is 17.5 Å². The predicted octanol–water partition coefficient (Wildman–Crippen LogP) is 5.53. The number of halogens is 3. The number of benzene rings is 1. The molecule has 6 nitrogen and oxygen atoms in total. The monoisotopic (exact) mass is 475 g/mol. The van der Waals surface area contributed by atoms with Gasteiger partial charge in [-0.25, -0.2) is 4.98 Å². The van der Waals surface area contributed by atoms with Crippen molar-refractivity contribution in [2.24, 2.45) is 11.8 Å². The Hall–Kier alpha value is -3.10. The summed E-state index contributed by atoms with van der Waals surface area (Å²) in [5, 5.41) is 2.59. The predicted molar refractivity (Wildman–Crippen MR) is 121 cm³/mol. The Kier molecular flexibility index (Phi) is 6.55. The standard InChI is InChI=1S/C25H28F3N3O3/c1-14(2)15-7-9-17(10-8-15)31-13-16-11-20(21(34-3)12-18(16)24(31)33)30-23(32)19-5-4-6-22(29-19)25(26,27)28/h4-6,11-12,14-15,17H,7-10,13H2,1-3H3,(H,30,32)/t15-,17-. The number of alkyl halides is 3.